The average molecular weight is 413 g/mol. The summed E-state index contributed by atoms with van der Waals surface area (Å²) in [5.74, 6) is 2.86. The summed E-state index contributed by atoms with van der Waals surface area (Å²) in [6, 6.07) is 12.4. The van der Waals surface area contributed by atoms with Gasteiger partial charge in [-0.1, -0.05) is 11.6 Å². The fraction of sp³-hybridized carbons (Fsp3) is 0.364. The van der Waals surface area contributed by atoms with Gasteiger partial charge in [0.15, 0.2) is 0 Å². The fourth-order valence-electron chi connectivity index (χ4n) is 4.72. The lowest BCUT2D eigenvalue weighted by Crippen LogP contribution is -2.25. The molecule has 0 amide bonds. The SMILES string of the molecule is Fc1ccc(Cl)c(-c2ccc(N[C@@H]3C[C@@H]4CN(Cc5ccco5)C[C@@H]4C3)nn2)c1. The molecule has 5 nitrogen and oxygen atoms in total. The Hall–Kier alpha value is -2.44. The van der Waals surface area contributed by atoms with Crippen LogP contribution >= 0.6 is 11.6 Å². The van der Waals surface area contributed by atoms with Crippen molar-refractivity contribution in [3.63, 3.8) is 0 Å². The molecule has 0 radical (unpaired) electrons. The summed E-state index contributed by atoms with van der Waals surface area (Å²) in [6.07, 6.45) is 4.01. The minimum Gasteiger partial charge on any atom is -0.468 e. The van der Waals surface area contributed by atoms with E-state index in [4.69, 9.17) is 16.0 Å². The van der Waals surface area contributed by atoms with E-state index in [0.717, 1.165) is 44.1 Å². The summed E-state index contributed by atoms with van der Waals surface area (Å²) < 4.78 is 19.0. The van der Waals surface area contributed by atoms with Crippen molar-refractivity contribution in [2.24, 2.45) is 11.8 Å². The summed E-state index contributed by atoms with van der Waals surface area (Å²) in [6.45, 7) is 3.13. The van der Waals surface area contributed by atoms with Crippen LogP contribution in [-0.4, -0.2) is 34.2 Å². The molecule has 7 heteroatoms. The van der Waals surface area contributed by atoms with E-state index in [2.05, 4.69) is 20.4 Å². The Morgan fingerprint density at radius 1 is 1.10 bits per heavy atom. The molecule has 1 aliphatic carbocycles. The number of hydrogen-bond donors (Lipinski definition) is 1. The van der Waals surface area contributed by atoms with E-state index < -0.39 is 0 Å². The number of aromatic nitrogens is 2. The normalized spacial score (nSPS) is 24.0. The highest BCUT2D eigenvalue weighted by molar-refractivity contribution is 6.33. The molecule has 2 aromatic heterocycles. The van der Waals surface area contributed by atoms with Crippen LogP contribution in [0.4, 0.5) is 10.2 Å². The van der Waals surface area contributed by atoms with Gasteiger partial charge in [-0.15, -0.1) is 10.2 Å². The van der Waals surface area contributed by atoms with Gasteiger partial charge in [-0.2, -0.15) is 0 Å². The predicted molar refractivity (Wildman–Crippen MR) is 110 cm³/mol. The van der Waals surface area contributed by atoms with E-state index in [-0.39, 0.29) is 5.82 Å². The number of furan rings is 1. The van der Waals surface area contributed by atoms with E-state index >= 15 is 0 Å². The van der Waals surface area contributed by atoms with Crippen LogP contribution in [0.15, 0.2) is 53.1 Å². The summed E-state index contributed by atoms with van der Waals surface area (Å²) in [5.41, 5.74) is 1.12. The van der Waals surface area contributed by atoms with Crippen LogP contribution in [-0.2, 0) is 6.54 Å². The molecule has 29 heavy (non-hydrogen) atoms. The van der Waals surface area contributed by atoms with E-state index in [0.29, 0.717) is 34.2 Å². The van der Waals surface area contributed by atoms with Gasteiger partial charge in [-0.3, -0.25) is 4.90 Å². The first kappa shape index (κ1) is 18.6. The number of halogens is 2. The zero-order valence-corrected chi connectivity index (χ0v) is 16.6. The van der Waals surface area contributed by atoms with Crippen LogP contribution in [0, 0.1) is 17.7 Å². The molecule has 5 rings (SSSR count). The molecule has 1 saturated heterocycles. The zero-order valence-electron chi connectivity index (χ0n) is 15.9. The maximum Gasteiger partial charge on any atom is 0.148 e. The predicted octanol–water partition coefficient (Wildman–Crippen LogP) is 4.85. The minimum atomic E-state index is -0.341. The topological polar surface area (TPSA) is 54.2 Å². The van der Waals surface area contributed by atoms with E-state index in [1.54, 1.807) is 6.26 Å². The first-order valence-electron chi connectivity index (χ1n) is 9.94. The number of rotatable bonds is 5. The number of benzene rings is 1. The second-order valence-electron chi connectivity index (χ2n) is 8.03. The molecule has 0 bridgehead atoms. The van der Waals surface area contributed by atoms with Gasteiger partial charge in [-0.05, 0) is 67.1 Å². The average Bonchev–Trinajstić information content (AvgIpc) is 3.42. The Labute approximate surface area is 173 Å². The maximum atomic E-state index is 13.5. The second kappa shape index (κ2) is 7.76. The molecule has 3 aromatic rings. The molecule has 150 valence electrons. The van der Waals surface area contributed by atoms with Crippen LogP contribution in [0.3, 0.4) is 0 Å². The van der Waals surface area contributed by atoms with Crippen LogP contribution in [0.25, 0.3) is 11.3 Å². The number of likely N-dealkylation sites (tertiary alicyclic amines) is 1. The van der Waals surface area contributed by atoms with Crippen molar-refractivity contribution in [1.82, 2.24) is 15.1 Å². The Morgan fingerprint density at radius 2 is 1.93 bits per heavy atom. The van der Waals surface area contributed by atoms with Crippen molar-refractivity contribution in [3.05, 3.63) is 65.3 Å². The molecule has 1 saturated carbocycles. The number of fused-ring (bicyclic) bond motifs is 1. The fourth-order valence-corrected chi connectivity index (χ4v) is 4.94. The van der Waals surface area contributed by atoms with Crippen molar-refractivity contribution in [1.29, 1.82) is 0 Å². The van der Waals surface area contributed by atoms with Gasteiger partial charge in [0.05, 0.1) is 23.5 Å². The Bertz CT molecular complexity index is 965. The first-order chi connectivity index (χ1) is 14.1. The Kier molecular flexibility index (Phi) is 4.97. The number of hydrogen-bond acceptors (Lipinski definition) is 5. The van der Waals surface area contributed by atoms with Crippen LogP contribution in [0.2, 0.25) is 5.02 Å². The summed E-state index contributed by atoms with van der Waals surface area (Å²) in [7, 11) is 0. The van der Waals surface area contributed by atoms with Crippen molar-refractivity contribution >= 4 is 17.4 Å². The van der Waals surface area contributed by atoms with E-state index in [1.807, 2.05) is 24.3 Å². The van der Waals surface area contributed by atoms with Crippen LogP contribution < -0.4 is 5.32 Å². The third-order valence-electron chi connectivity index (χ3n) is 6.01. The van der Waals surface area contributed by atoms with E-state index in [9.17, 15) is 4.39 Å². The molecule has 2 aliphatic rings. The van der Waals surface area contributed by atoms with Gasteiger partial charge < -0.3 is 9.73 Å². The third kappa shape index (κ3) is 4.00. The lowest BCUT2D eigenvalue weighted by molar-refractivity contribution is 0.274. The maximum absolute atomic E-state index is 13.5. The molecule has 1 aromatic carbocycles. The van der Waals surface area contributed by atoms with Crippen molar-refractivity contribution in [3.8, 4) is 11.3 Å². The summed E-state index contributed by atoms with van der Waals surface area (Å²) >= 11 is 6.16. The van der Waals surface area contributed by atoms with Gasteiger partial charge in [0.25, 0.3) is 0 Å². The molecule has 2 fully saturated rings. The molecule has 0 unspecified atom stereocenters. The van der Waals surface area contributed by atoms with Gasteiger partial charge >= 0.3 is 0 Å². The monoisotopic (exact) mass is 412 g/mol. The molecular weight excluding hydrogens is 391 g/mol. The third-order valence-corrected chi connectivity index (χ3v) is 6.34. The lowest BCUT2D eigenvalue weighted by Gasteiger charge is -2.19. The van der Waals surface area contributed by atoms with Gasteiger partial charge in [0.1, 0.15) is 17.4 Å². The molecule has 3 atom stereocenters. The van der Waals surface area contributed by atoms with Crippen LogP contribution in [0.5, 0.6) is 0 Å². The van der Waals surface area contributed by atoms with Crippen molar-refractivity contribution < 1.29 is 8.81 Å². The number of nitrogens with one attached hydrogen (secondary N) is 1. The largest absolute Gasteiger partial charge is 0.468 e. The standard InChI is InChI=1S/C22H22ClFN4O/c23-20-4-3-16(24)10-19(20)21-5-6-22(27-26-21)25-17-8-14-11-28(12-15(14)9-17)13-18-2-1-7-29-18/h1-7,10,14-15,17H,8-9,11-13H2,(H,25,27)/t14-,15+,17-. The summed E-state index contributed by atoms with van der Waals surface area (Å²) in [5, 5.41) is 12.5. The zero-order chi connectivity index (χ0) is 19.8. The number of anilines is 1. The van der Waals surface area contributed by atoms with Crippen LogP contribution in [0.1, 0.15) is 18.6 Å². The molecule has 3 heterocycles. The highest BCUT2D eigenvalue weighted by atomic mass is 35.5. The highest BCUT2D eigenvalue weighted by Crippen LogP contribution is 2.39. The van der Waals surface area contributed by atoms with Gasteiger partial charge in [-0.25, -0.2) is 4.39 Å². The Morgan fingerprint density at radius 3 is 2.62 bits per heavy atom. The van der Waals surface area contributed by atoms with Gasteiger partial charge in [0.2, 0.25) is 0 Å². The first-order valence-corrected chi connectivity index (χ1v) is 10.3. The summed E-state index contributed by atoms with van der Waals surface area (Å²) in [4.78, 5) is 2.49. The molecular formula is C22H22ClFN4O. The highest BCUT2D eigenvalue weighted by Gasteiger charge is 2.41. The molecule has 1 N–H and O–H groups in total. The van der Waals surface area contributed by atoms with Crippen molar-refractivity contribution in [2.75, 3.05) is 18.4 Å². The van der Waals surface area contributed by atoms with Gasteiger partial charge in [0, 0.05) is 24.7 Å². The molecule has 0 spiro atoms. The number of nitrogens with zero attached hydrogens (tertiary/aromatic N) is 3. The molecule has 1 aliphatic heterocycles. The smallest absolute Gasteiger partial charge is 0.148 e. The Balaban J connectivity index is 1.18. The van der Waals surface area contributed by atoms with E-state index in [1.165, 1.54) is 18.2 Å². The minimum absolute atomic E-state index is 0.341. The quantitative estimate of drug-likeness (QED) is 0.649. The lowest BCUT2D eigenvalue weighted by atomic mass is 10.0. The van der Waals surface area contributed by atoms with Crippen molar-refractivity contribution in [2.45, 2.75) is 25.4 Å². The second-order valence-corrected chi connectivity index (χ2v) is 8.44.